The van der Waals surface area contributed by atoms with Crippen LogP contribution in [0.4, 0.5) is 4.39 Å². The van der Waals surface area contributed by atoms with Crippen LogP contribution in [0.1, 0.15) is 39.3 Å². The van der Waals surface area contributed by atoms with Crippen molar-refractivity contribution in [2.75, 3.05) is 26.4 Å². The highest BCUT2D eigenvalue weighted by Crippen LogP contribution is 2.35. The molecule has 0 unspecified atom stereocenters. The van der Waals surface area contributed by atoms with Crippen molar-refractivity contribution in [1.29, 1.82) is 0 Å². The zero-order valence-electron chi connectivity index (χ0n) is 20.5. The van der Waals surface area contributed by atoms with Gasteiger partial charge in [-0.25, -0.2) is 14.4 Å². The number of carbonyl (C=O) groups is 1. The molecule has 0 radical (unpaired) electrons. The maximum atomic E-state index is 13.6. The summed E-state index contributed by atoms with van der Waals surface area (Å²) in [6.07, 6.45) is 1.17. The Morgan fingerprint density at radius 1 is 1.25 bits per heavy atom. The van der Waals surface area contributed by atoms with Gasteiger partial charge in [-0.05, 0) is 51.1 Å². The number of halogens is 1. The van der Waals surface area contributed by atoms with Crippen LogP contribution in [-0.4, -0.2) is 63.4 Å². The van der Waals surface area contributed by atoms with Crippen LogP contribution in [0.3, 0.4) is 0 Å². The molecule has 2 aromatic heterocycles. The van der Waals surface area contributed by atoms with Gasteiger partial charge in [0.2, 0.25) is 12.2 Å². The van der Waals surface area contributed by atoms with Gasteiger partial charge in [-0.2, -0.15) is 4.98 Å². The standard InChI is InChI=1S/C25H30FN5O5/c1-15(2)28-23(33)25(3)13-35-22(36-14-25)21-30-19(16-5-7-17(26)8-6-16)20(31-21)18-9-10-27-24(29-18)34-12-4-11-32/h5-10,15,22,32H,4,11-14H2,1-3H3,(H,28,33)(H,30,31). The van der Waals surface area contributed by atoms with E-state index in [9.17, 15) is 9.18 Å². The van der Waals surface area contributed by atoms with Gasteiger partial charge in [0, 0.05) is 30.8 Å². The maximum absolute atomic E-state index is 13.6. The molecule has 1 aromatic carbocycles. The van der Waals surface area contributed by atoms with Crippen molar-refractivity contribution in [3.8, 4) is 28.7 Å². The van der Waals surface area contributed by atoms with E-state index in [1.165, 1.54) is 12.1 Å². The highest BCUT2D eigenvalue weighted by atomic mass is 19.1. The van der Waals surface area contributed by atoms with E-state index in [1.54, 1.807) is 31.3 Å². The fourth-order valence-corrected chi connectivity index (χ4v) is 3.62. The molecule has 3 heterocycles. The predicted octanol–water partition coefficient (Wildman–Crippen LogP) is 3.01. The number of imidazole rings is 1. The number of aliphatic hydroxyl groups is 1. The Morgan fingerprint density at radius 2 is 1.97 bits per heavy atom. The SMILES string of the molecule is CC(C)NC(=O)C1(C)COC(c2nc(-c3ccc(F)cc3)c(-c3ccnc(OCCCO)n3)[nH]2)OC1. The van der Waals surface area contributed by atoms with Crippen LogP contribution < -0.4 is 10.1 Å². The van der Waals surface area contributed by atoms with E-state index in [2.05, 4.69) is 20.3 Å². The summed E-state index contributed by atoms with van der Waals surface area (Å²) in [5.41, 5.74) is 1.39. The molecular weight excluding hydrogens is 469 g/mol. The van der Waals surface area contributed by atoms with Gasteiger partial charge >= 0.3 is 6.01 Å². The van der Waals surface area contributed by atoms with Crippen LogP contribution in [-0.2, 0) is 14.3 Å². The third-order valence-corrected chi connectivity index (χ3v) is 5.56. The Balaban J connectivity index is 1.62. The van der Waals surface area contributed by atoms with Crippen molar-refractivity contribution in [2.24, 2.45) is 5.41 Å². The number of hydrogen-bond donors (Lipinski definition) is 3. The van der Waals surface area contributed by atoms with E-state index >= 15 is 0 Å². The fraction of sp³-hybridized carbons (Fsp3) is 0.440. The van der Waals surface area contributed by atoms with Gasteiger partial charge in [0.15, 0.2) is 5.82 Å². The fourth-order valence-electron chi connectivity index (χ4n) is 3.62. The molecule has 1 aliphatic rings. The molecule has 0 aliphatic carbocycles. The number of nitrogens with zero attached hydrogens (tertiary/aromatic N) is 3. The number of benzene rings is 1. The van der Waals surface area contributed by atoms with Crippen LogP contribution in [0.5, 0.6) is 6.01 Å². The summed E-state index contributed by atoms with van der Waals surface area (Å²) in [5.74, 6) is -0.120. The van der Waals surface area contributed by atoms with Crippen LogP contribution in [0.2, 0.25) is 0 Å². The van der Waals surface area contributed by atoms with Gasteiger partial charge < -0.3 is 29.6 Å². The summed E-state index contributed by atoms with van der Waals surface area (Å²) in [4.78, 5) is 29.1. The van der Waals surface area contributed by atoms with Crippen LogP contribution in [0.15, 0.2) is 36.5 Å². The molecule has 0 saturated carbocycles. The van der Waals surface area contributed by atoms with E-state index in [4.69, 9.17) is 24.3 Å². The summed E-state index contributed by atoms with van der Waals surface area (Å²) in [5, 5.41) is 11.9. The number of rotatable bonds is 9. The van der Waals surface area contributed by atoms with Crippen LogP contribution in [0.25, 0.3) is 22.6 Å². The molecule has 192 valence electrons. The van der Waals surface area contributed by atoms with Crippen LogP contribution >= 0.6 is 0 Å². The number of aromatic nitrogens is 4. The van der Waals surface area contributed by atoms with Crippen LogP contribution in [0, 0.1) is 11.2 Å². The second-order valence-corrected chi connectivity index (χ2v) is 9.15. The number of carbonyl (C=O) groups excluding carboxylic acids is 1. The smallest absolute Gasteiger partial charge is 0.316 e. The number of ether oxygens (including phenoxy) is 3. The molecular formula is C25H30FN5O5. The lowest BCUT2D eigenvalue weighted by Crippen LogP contribution is -2.50. The van der Waals surface area contributed by atoms with E-state index in [-0.39, 0.29) is 50.2 Å². The lowest BCUT2D eigenvalue weighted by Gasteiger charge is -2.35. The number of hydrogen-bond acceptors (Lipinski definition) is 8. The molecule has 36 heavy (non-hydrogen) atoms. The van der Waals surface area contributed by atoms with Gasteiger partial charge in [0.25, 0.3) is 0 Å². The van der Waals surface area contributed by atoms with Crippen molar-refractivity contribution in [3.63, 3.8) is 0 Å². The molecule has 0 atom stereocenters. The summed E-state index contributed by atoms with van der Waals surface area (Å²) in [6.45, 7) is 6.14. The third-order valence-electron chi connectivity index (χ3n) is 5.56. The maximum Gasteiger partial charge on any atom is 0.316 e. The molecule has 1 fully saturated rings. The van der Waals surface area contributed by atoms with E-state index in [0.29, 0.717) is 34.9 Å². The quantitative estimate of drug-likeness (QED) is 0.383. The first-order chi connectivity index (χ1) is 17.3. The monoisotopic (exact) mass is 499 g/mol. The van der Waals surface area contributed by atoms with Gasteiger partial charge in [-0.15, -0.1) is 0 Å². The summed E-state index contributed by atoms with van der Waals surface area (Å²) in [6, 6.07) is 7.79. The number of aliphatic hydroxyl groups excluding tert-OH is 1. The predicted molar refractivity (Wildman–Crippen MR) is 128 cm³/mol. The van der Waals surface area contributed by atoms with Crippen molar-refractivity contribution in [2.45, 2.75) is 39.5 Å². The first-order valence-electron chi connectivity index (χ1n) is 11.8. The average molecular weight is 500 g/mol. The van der Waals surface area contributed by atoms with Crippen molar-refractivity contribution >= 4 is 5.91 Å². The number of nitrogens with one attached hydrogen (secondary N) is 2. The molecule has 0 spiro atoms. The Hall–Kier alpha value is -3.41. The summed E-state index contributed by atoms with van der Waals surface area (Å²) >= 11 is 0. The zero-order valence-corrected chi connectivity index (χ0v) is 20.5. The molecule has 1 amide bonds. The van der Waals surface area contributed by atoms with E-state index in [1.807, 2.05) is 13.8 Å². The minimum Gasteiger partial charge on any atom is -0.463 e. The highest BCUT2D eigenvalue weighted by Gasteiger charge is 2.41. The first kappa shape index (κ1) is 25.7. The van der Waals surface area contributed by atoms with Crippen molar-refractivity contribution in [3.05, 3.63) is 48.2 Å². The molecule has 1 aliphatic heterocycles. The lowest BCUT2D eigenvalue weighted by atomic mass is 9.90. The van der Waals surface area contributed by atoms with Gasteiger partial charge in [0.1, 0.15) is 5.82 Å². The molecule has 10 nitrogen and oxygen atoms in total. The molecule has 4 rings (SSSR count). The minimum atomic E-state index is -0.833. The first-order valence-corrected chi connectivity index (χ1v) is 11.8. The minimum absolute atomic E-state index is 0.00211. The topological polar surface area (TPSA) is 131 Å². The molecule has 0 bridgehead atoms. The van der Waals surface area contributed by atoms with Crippen molar-refractivity contribution < 1.29 is 28.5 Å². The second-order valence-electron chi connectivity index (χ2n) is 9.15. The highest BCUT2D eigenvalue weighted by molar-refractivity contribution is 5.83. The van der Waals surface area contributed by atoms with Gasteiger partial charge in [-0.3, -0.25) is 4.79 Å². The Kier molecular flexibility index (Phi) is 7.92. The number of aromatic amines is 1. The summed E-state index contributed by atoms with van der Waals surface area (Å²) in [7, 11) is 0. The normalized spacial score (nSPS) is 19.9. The second kappa shape index (κ2) is 11.1. The molecule has 3 N–H and O–H groups in total. The molecule has 11 heteroatoms. The largest absolute Gasteiger partial charge is 0.463 e. The molecule has 1 saturated heterocycles. The lowest BCUT2D eigenvalue weighted by molar-refractivity contribution is -0.231. The zero-order chi connectivity index (χ0) is 25.7. The van der Waals surface area contributed by atoms with Gasteiger partial charge in [-0.1, -0.05) is 0 Å². The Bertz CT molecular complexity index is 1180. The third kappa shape index (κ3) is 5.86. The van der Waals surface area contributed by atoms with Gasteiger partial charge in [0.05, 0.1) is 42.3 Å². The Labute approximate surface area is 208 Å². The number of amides is 1. The number of H-pyrrole nitrogens is 1. The average Bonchev–Trinajstić information content (AvgIpc) is 3.30. The van der Waals surface area contributed by atoms with Crippen molar-refractivity contribution in [1.82, 2.24) is 25.3 Å². The Morgan fingerprint density at radius 3 is 2.64 bits per heavy atom. The van der Waals surface area contributed by atoms with E-state index in [0.717, 1.165) is 0 Å². The molecule has 3 aromatic rings. The summed E-state index contributed by atoms with van der Waals surface area (Å²) < 4.78 is 30.9. The van der Waals surface area contributed by atoms with E-state index < -0.39 is 11.7 Å².